The molecule has 3 rings (SSSR count). The Morgan fingerprint density at radius 2 is 1.74 bits per heavy atom. The minimum Gasteiger partial charge on any atom is -0.207 e. The molecule has 0 bridgehead atoms. The van der Waals surface area contributed by atoms with Gasteiger partial charge >= 0.3 is 0 Å². The number of halogens is 1. The standard InChI is InChI=1S/C18H20ClNO2S/c1-13-5-10-17(12-14(13)2)23(21,22)20-11-3-4-18(20)15-6-8-16(19)9-7-15/h5-10,12,18H,3-4,11H2,1-2H3. The highest BCUT2D eigenvalue weighted by Crippen LogP contribution is 2.37. The first kappa shape index (κ1) is 16.5. The van der Waals surface area contributed by atoms with Gasteiger partial charge in [-0.25, -0.2) is 8.42 Å². The summed E-state index contributed by atoms with van der Waals surface area (Å²) < 4.78 is 27.7. The molecular weight excluding hydrogens is 330 g/mol. The number of hydrogen-bond acceptors (Lipinski definition) is 2. The molecule has 0 saturated carbocycles. The molecule has 3 nitrogen and oxygen atoms in total. The van der Waals surface area contributed by atoms with E-state index in [9.17, 15) is 8.42 Å². The highest BCUT2D eigenvalue weighted by Gasteiger charge is 2.36. The van der Waals surface area contributed by atoms with Crippen molar-refractivity contribution in [3.8, 4) is 0 Å². The summed E-state index contributed by atoms with van der Waals surface area (Å²) in [6.45, 7) is 4.48. The molecule has 0 N–H and O–H groups in total. The molecule has 2 aromatic carbocycles. The van der Waals surface area contributed by atoms with Crippen molar-refractivity contribution >= 4 is 21.6 Å². The molecule has 0 spiro atoms. The Kier molecular flexibility index (Phi) is 4.50. The van der Waals surface area contributed by atoms with Crippen molar-refractivity contribution in [3.63, 3.8) is 0 Å². The third kappa shape index (κ3) is 3.16. The molecule has 122 valence electrons. The molecular formula is C18H20ClNO2S. The molecule has 2 aromatic rings. The van der Waals surface area contributed by atoms with Gasteiger partial charge in [0.05, 0.1) is 10.9 Å². The van der Waals surface area contributed by atoms with E-state index in [4.69, 9.17) is 11.6 Å². The van der Waals surface area contributed by atoms with Gasteiger partial charge in [-0.3, -0.25) is 0 Å². The van der Waals surface area contributed by atoms with Crippen molar-refractivity contribution < 1.29 is 8.42 Å². The van der Waals surface area contributed by atoms with Crippen LogP contribution in [0.4, 0.5) is 0 Å². The predicted molar refractivity (Wildman–Crippen MR) is 93.2 cm³/mol. The van der Waals surface area contributed by atoms with Crippen molar-refractivity contribution in [2.45, 2.75) is 37.6 Å². The highest BCUT2D eigenvalue weighted by molar-refractivity contribution is 7.89. The maximum Gasteiger partial charge on any atom is 0.243 e. The van der Waals surface area contributed by atoms with Gasteiger partial charge in [-0.05, 0) is 67.6 Å². The van der Waals surface area contributed by atoms with Crippen LogP contribution in [-0.4, -0.2) is 19.3 Å². The Labute approximate surface area is 142 Å². The summed E-state index contributed by atoms with van der Waals surface area (Å²) in [4.78, 5) is 0.376. The monoisotopic (exact) mass is 349 g/mol. The van der Waals surface area contributed by atoms with E-state index in [0.29, 0.717) is 16.5 Å². The smallest absolute Gasteiger partial charge is 0.207 e. The minimum atomic E-state index is -3.49. The topological polar surface area (TPSA) is 37.4 Å². The molecule has 1 heterocycles. The molecule has 0 aromatic heterocycles. The molecule has 0 amide bonds. The summed E-state index contributed by atoms with van der Waals surface area (Å²) in [5, 5.41) is 0.662. The molecule has 0 radical (unpaired) electrons. The fourth-order valence-electron chi connectivity index (χ4n) is 3.06. The second kappa shape index (κ2) is 6.27. The number of hydrogen-bond donors (Lipinski definition) is 0. The zero-order valence-corrected chi connectivity index (χ0v) is 14.9. The van der Waals surface area contributed by atoms with Gasteiger partial charge in [0, 0.05) is 11.6 Å². The van der Waals surface area contributed by atoms with Crippen LogP contribution in [0.25, 0.3) is 0 Å². The Hall–Kier alpha value is -1.36. The van der Waals surface area contributed by atoms with E-state index < -0.39 is 10.0 Å². The van der Waals surface area contributed by atoms with Crippen LogP contribution >= 0.6 is 11.6 Å². The van der Waals surface area contributed by atoms with Crippen molar-refractivity contribution in [1.29, 1.82) is 0 Å². The lowest BCUT2D eigenvalue weighted by atomic mass is 10.1. The number of sulfonamides is 1. The van der Waals surface area contributed by atoms with Crippen LogP contribution < -0.4 is 0 Å². The zero-order valence-electron chi connectivity index (χ0n) is 13.3. The second-order valence-corrected chi connectivity index (χ2v) is 8.40. The molecule has 1 aliphatic heterocycles. The molecule has 5 heteroatoms. The highest BCUT2D eigenvalue weighted by atomic mass is 35.5. The molecule has 1 saturated heterocycles. The van der Waals surface area contributed by atoms with E-state index in [1.807, 2.05) is 44.2 Å². The van der Waals surface area contributed by atoms with Gasteiger partial charge in [-0.2, -0.15) is 4.31 Å². The first-order valence-corrected chi connectivity index (χ1v) is 9.56. The Morgan fingerprint density at radius 3 is 2.39 bits per heavy atom. The summed E-state index contributed by atoms with van der Waals surface area (Å²) >= 11 is 5.94. The Balaban J connectivity index is 1.97. The lowest BCUT2D eigenvalue weighted by molar-refractivity contribution is 0.396. The van der Waals surface area contributed by atoms with E-state index in [-0.39, 0.29) is 6.04 Å². The summed E-state index contributed by atoms with van der Waals surface area (Å²) in [5.74, 6) is 0. The van der Waals surface area contributed by atoms with Crippen molar-refractivity contribution in [1.82, 2.24) is 4.31 Å². The molecule has 1 atom stereocenters. The third-order valence-electron chi connectivity index (χ3n) is 4.54. The van der Waals surface area contributed by atoms with Gasteiger partial charge < -0.3 is 0 Å². The molecule has 0 aliphatic carbocycles. The molecule has 1 fully saturated rings. The van der Waals surface area contributed by atoms with Crippen LogP contribution in [0.3, 0.4) is 0 Å². The fourth-order valence-corrected chi connectivity index (χ4v) is 4.95. The van der Waals surface area contributed by atoms with Gasteiger partial charge in [0.2, 0.25) is 10.0 Å². The normalized spacial score (nSPS) is 19.2. The quantitative estimate of drug-likeness (QED) is 0.819. The fraction of sp³-hybridized carbons (Fsp3) is 0.333. The lowest BCUT2D eigenvalue weighted by Gasteiger charge is -2.25. The van der Waals surface area contributed by atoms with Gasteiger partial charge in [0.15, 0.2) is 0 Å². The Morgan fingerprint density at radius 1 is 1.04 bits per heavy atom. The average Bonchev–Trinajstić information content (AvgIpc) is 3.01. The first-order chi connectivity index (χ1) is 10.9. The number of benzene rings is 2. The predicted octanol–water partition coefficient (Wildman–Crippen LogP) is 4.48. The van der Waals surface area contributed by atoms with E-state index in [2.05, 4.69) is 0 Å². The number of rotatable bonds is 3. The van der Waals surface area contributed by atoms with Gasteiger partial charge in [-0.1, -0.05) is 29.8 Å². The van der Waals surface area contributed by atoms with Crippen molar-refractivity contribution in [3.05, 3.63) is 64.2 Å². The van der Waals surface area contributed by atoms with Crippen LogP contribution in [0.15, 0.2) is 47.4 Å². The van der Waals surface area contributed by atoms with Crippen LogP contribution in [0, 0.1) is 13.8 Å². The summed E-state index contributed by atoms with van der Waals surface area (Å²) in [5.41, 5.74) is 3.09. The molecule has 23 heavy (non-hydrogen) atoms. The van der Waals surface area contributed by atoms with Gasteiger partial charge in [0.1, 0.15) is 0 Å². The molecule has 1 unspecified atom stereocenters. The van der Waals surface area contributed by atoms with E-state index in [0.717, 1.165) is 29.5 Å². The SMILES string of the molecule is Cc1ccc(S(=O)(=O)N2CCCC2c2ccc(Cl)cc2)cc1C. The van der Waals surface area contributed by atoms with Crippen LogP contribution in [0.5, 0.6) is 0 Å². The average molecular weight is 350 g/mol. The third-order valence-corrected chi connectivity index (χ3v) is 6.70. The van der Waals surface area contributed by atoms with E-state index in [1.54, 1.807) is 16.4 Å². The zero-order chi connectivity index (χ0) is 16.6. The van der Waals surface area contributed by atoms with Gasteiger partial charge in [0.25, 0.3) is 0 Å². The summed E-state index contributed by atoms with van der Waals surface area (Å²) in [6, 6.07) is 12.7. The van der Waals surface area contributed by atoms with Crippen LogP contribution in [0.2, 0.25) is 5.02 Å². The number of aryl methyl sites for hydroxylation is 2. The maximum atomic E-state index is 13.0. The van der Waals surface area contributed by atoms with E-state index >= 15 is 0 Å². The second-order valence-electron chi connectivity index (χ2n) is 6.07. The van der Waals surface area contributed by atoms with Crippen LogP contribution in [0.1, 0.15) is 35.6 Å². The minimum absolute atomic E-state index is 0.112. The van der Waals surface area contributed by atoms with E-state index in [1.165, 1.54) is 0 Å². The van der Waals surface area contributed by atoms with Crippen LogP contribution in [-0.2, 0) is 10.0 Å². The Bertz CT molecular complexity index is 815. The number of nitrogens with zero attached hydrogens (tertiary/aromatic N) is 1. The summed E-state index contributed by atoms with van der Waals surface area (Å²) in [6.07, 6.45) is 1.71. The lowest BCUT2D eigenvalue weighted by Crippen LogP contribution is -2.30. The maximum absolute atomic E-state index is 13.0. The van der Waals surface area contributed by atoms with Crippen molar-refractivity contribution in [2.24, 2.45) is 0 Å². The summed E-state index contributed by atoms with van der Waals surface area (Å²) in [7, 11) is -3.49. The molecule has 1 aliphatic rings. The van der Waals surface area contributed by atoms with Crippen molar-refractivity contribution in [2.75, 3.05) is 6.54 Å². The van der Waals surface area contributed by atoms with Gasteiger partial charge in [-0.15, -0.1) is 0 Å². The first-order valence-electron chi connectivity index (χ1n) is 7.74. The largest absolute Gasteiger partial charge is 0.243 e.